The van der Waals surface area contributed by atoms with Crippen LogP contribution in [0, 0.1) is 6.92 Å². The molecular weight excluding hydrogens is 354 g/mol. The topological polar surface area (TPSA) is 37.8 Å². The van der Waals surface area contributed by atoms with Gasteiger partial charge in [-0.1, -0.05) is 97.6 Å². The van der Waals surface area contributed by atoms with Gasteiger partial charge in [-0.2, -0.15) is 0 Å². The Balaban J connectivity index is 0.00000184. The van der Waals surface area contributed by atoms with E-state index in [9.17, 15) is 0 Å². The van der Waals surface area contributed by atoms with Crippen LogP contribution in [0.25, 0.3) is 0 Å². The summed E-state index contributed by atoms with van der Waals surface area (Å²) in [4.78, 5) is 9.39. The van der Waals surface area contributed by atoms with Crippen LogP contribution >= 0.6 is 0 Å². The summed E-state index contributed by atoms with van der Waals surface area (Å²) in [5, 5.41) is 3.56. The number of aromatic nitrogens is 2. The lowest BCUT2D eigenvalue weighted by Gasteiger charge is -2.19. The molecule has 3 heteroatoms. The van der Waals surface area contributed by atoms with Crippen molar-refractivity contribution in [3.05, 3.63) is 53.5 Å². The molecule has 0 aliphatic rings. The van der Waals surface area contributed by atoms with E-state index in [4.69, 9.17) is 4.98 Å². The van der Waals surface area contributed by atoms with Gasteiger partial charge in [-0.25, -0.2) is 9.97 Å². The molecule has 1 aromatic carbocycles. The molecule has 0 saturated heterocycles. The van der Waals surface area contributed by atoms with Crippen LogP contribution in [0.1, 0.15) is 116 Å². The van der Waals surface area contributed by atoms with E-state index < -0.39 is 0 Å². The molecule has 0 bridgehead atoms. The summed E-state index contributed by atoms with van der Waals surface area (Å²) in [5.41, 5.74) is 2.48. The molecule has 1 unspecified atom stereocenters. The molecule has 0 radical (unpaired) electrons. The number of hydrogen-bond acceptors (Lipinski definition) is 3. The average Bonchev–Trinajstić information content (AvgIpc) is 2.77. The normalized spacial score (nSPS) is 11.1. The molecular formula is C26H45N3. The lowest BCUT2D eigenvalue weighted by molar-refractivity contribution is 0.513. The highest BCUT2D eigenvalue weighted by Crippen LogP contribution is 2.28. The smallest absolute Gasteiger partial charge is 0.130 e. The van der Waals surface area contributed by atoms with E-state index in [0.29, 0.717) is 5.92 Å². The number of unbranched alkanes of at least 4 members (excludes halogenated alkanes) is 2. The maximum absolute atomic E-state index is 4.77. The van der Waals surface area contributed by atoms with Crippen molar-refractivity contribution >= 4 is 5.82 Å². The fourth-order valence-electron chi connectivity index (χ4n) is 3.26. The fourth-order valence-corrected chi connectivity index (χ4v) is 3.26. The highest BCUT2D eigenvalue weighted by molar-refractivity contribution is 5.40. The SMILES string of the molecule is CC.CC.CCCCC(CCCC)c1cc(NC(C)c2ccccc2)nc(C)n1. The van der Waals surface area contributed by atoms with Crippen molar-refractivity contribution in [1.82, 2.24) is 9.97 Å². The summed E-state index contributed by atoms with van der Waals surface area (Å²) >= 11 is 0. The molecule has 164 valence electrons. The highest BCUT2D eigenvalue weighted by atomic mass is 15.0. The quantitative estimate of drug-likeness (QED) is 0.435. The van der Waals surface area contributed by atoms with E-state index in [-0.39, 0.29) is 6.04 Å². The number of nitrogens with zero attached hydrogens (tertiary/aromatic N) is 2. The summed E-state index contributed by atoms with van der Waals surface area (Å²) < 4.78 is 0. The first-order valence-corrected chi connectivity index (χ1v) is 11.8. The van der Waals surface area contributed by atoms with Crippen molar-refractivity contribution in [2.45, 2.75) is 106 Å². The zero-order chi connectivity index (χ0) is 22.1. The molecule has 1 heterocycles. The molecule has 1 N–H and O–H groups in total. The van der Waals surface area contributed by atoms with Gasteiger partial charge in [0.25, 0.3) is 0 Å². The second-order valence-electron chi connectivity index (χ2n) is 6.98. The van der Waals surface area contributed by atoms with Gasteiger partial charge >= 0.3 is 0 Å². The van der Waals surface area contributed by atoms with Crippen molar-refractivity contribution in [2.75, 3.05) is 5.32 Å². The van der Waals surface area contributed by atoms with Gasteiger partial charge in [0.2, 0.25) is 0 Å². The molecule has 1 aromatic heterocycles. The monoisotopic (exact) mass is 399 g/mol. The molecule has 0 aliphatic carbocycles. The van der Waals surface area contributed by atoms with E-state index >= 15 is 0 Å². The Morgan fingerprint density at radius 2 is 1.41 bits per heavy atom. The molecule has 2 rings (SSSR count). The first-order chi connectivity index (χ1) is 14.1. The van der Waals surface area contributed by atoms with Crippen LogP contribution in [-0.4, -0.2) is 9.97 Å². The van der Waals surface area contributed by atoms with E-state index in [2.05, 4.69) is 67.5 Å². The molecule has 0 aliphatic heterocycles. The minimum atomic E-state index is 0.230. The zero-order valence-electron chi connectivity index (χ0n) is 20.3. The average molecular weight is 400 g/mol. The Hall–Kier alpha value is -1.90. The lowest BCUT2D eigenvalue weighted by Crippen LogP contribution is -2.11. The van der Waals surface area contributed by atoms with Gasteiger partial charge in [-0.05, 0) is 32.3 Å². The second-order valence-corrected chi connectivity index (χ2v) is 6.98. The van der Waals surface area contributed by atoms with Crippen molar-refractivity contribution in [1.29, 1.82) is 0 Å². The van der Waals surface area contributed by atoms with Crippen LogP contribution in [0.4, 0.5) is 5.82 Å². The van der Waals surface area contributed by atoms with Crippen molar-refractivity contribution < 1.29 is 0 Å². The largest absolute Gasteiger partial charge is 0.363 e. The second kappa shape index (κ2) is 17.0. The van der Waals surface area contributed by atoms with Gasteiger partial charge in [-0.3, -0.25) is 0 Å². The van der Waals surface area contributed by atoms with Crippen LogP contribution in [0.2, 0.25) is 0 Å². The third-order valence-corrected chi connectivity index (χ3v) is 4.75. The molecule has 3 nitrogen and oxygen atoms in total. The van der Waals surface area contributed by atoms with E-state index in [1.807, 2.05) is 34.6 Å². The van der Waals surface area contributed by atoms with Crippen molar-refractivity contribution in [3.63, 3.8) is 0 Å². The Labute approximate surface area is 180 Å². The predicted octanol–water partition coefficient (Wildman–Crippen LogP) is 8.47. The van der Waals surface area contributed by atoms with E-state index in [0.717, 1.165) is 11.6 Å². The number of hydrogen-bond donors (Lipinski definition) is 1. The van der Waals surface area contributed by atoms with Crippen LogP contribution in [0.3, 0.4) is 0 Å². The van der Waals surface area contributed by atoms with Gasteiger partial charge in [0.05, 0.1) is 0 Å². The molecule has 0 fully saturated rings. The van der Waals surface area contributed by atoms with Gasteiger partial charge in [0, 0.05) is 23.7 Å². The lowest BCUT2D eigenvalue weighted by atomic mass is 9.92. The van der Waals surface area contributed by atoms with E-state index in [1.54, 1.807) is 0 Å². The summed E-state index contributed by atoms with van der Waals surface area (Å²) in [6.45, 7) is 16.7. The van der Waals surface area contributed by atoms with Crippen molar-refractivity contribution in [3.8, 4) is 0 Å². The minimum absolute atomic E-state index is 0.230. The first kappa shape index (κ1) is 27.1. The Kier molecular flexibility index (Phi) is 15.9. The Bertz CT molecular complexity index is 617. The molecule has 0 amide bonds. The zero-order valence-corrected chi connectivity index (χ0v) is 20.3. The number of benzene rings is 1. The molecule has 0 saturated carbocycles. The summed E-state index contributed by atoms with van der Waals surface area (Å²) in [6.07, 6.45) is 7.45. The van der Waals surface area contributed by atoms with Crippen LogP contribution < -0.4 is 5.32 Å². The maximum Gasteiger partial charge on any atom is 0.130 e. The number of anilines is 1. The molecule has 2 aromatic rings. The third-order valence-electron chi connectivity index (χ3n) is 4.75. The maximum atomic E-state index is 4.77. The van der Waals surface area contributed by atoms with E-state index in [1.165, 1.54) is 49.8 Å². The Morgan fingerprint density at radius 1 is 0.862 bits per heavy atom. The molecule has 29 heavy (non-hydrogen) atoms. The minimum Gasteiger partial charge on any atom is -0.363 e. The van der Waals surface area contributed by atoms with Gasteiger partial charge < -0.3 is 5.32 Å². The van der Waals surface area contributed by atoms with Gasteiger partial charge in [0.15, 0.2) is 0 Å². The van der Waals surface area contributed by atoms with Gasteiger partial charge in [-0.15, -0.1) is 0 Å². The predicted molar refractivity (Wildman–Crippen MR) is 130 cm³/mol. The van der Waals surface area contributed by atoms with Gasteiger partial charge in [0.1, 0.15) is 11.6 Å². The molecule has 1 atom stereocenters. The summed E-state index contributed by atoms with van der Waals surface area (Å²) in [7, 11) is 0. The summed E-state index contributed by atoms with van der Waals surface area (Å²) in [5.74, 6) is 2.35. The first-order valence-electron chi connectivity index (χ1n) is 11.8. The van der Waals surface area contributed by atoms with Crippen LogP contribution in [-0.2, 0) is 0 Å². The summed E-state index contributed by atoms with van der Waals surface area (Å²) in [6, 6.07) is 12.9. The Morgan fingerprint density at radius 3 is 1.93 bits per heavy atom. The third kappa shape index (κ3) is 10.4. The number of rotatable bonds is 10. The highest BCUT2D eigenvalue weighted by Gasteiger charge is 2.15. The fraction of sp³-hybridized carbons (Fsp3) is 0.615. The van der Waals surface area contributed by atoms with Crippen LogP contribution in [0.5, 0.6) is 0 Å². The molecule has 0 spiro atoms. The number of nitrogens with one attached hydrogen (secondary N) is 1. The van der Waals surface area contributed by atoms with Crippen molar-refractivity contribution in [2.24, 2.45) is 0 Å². The van der Waals surface area contributed by atoms with Crippen LogP contribution in [0.15, 0.2) is 36.4 Å². The number of aryl methyl sites for hydroxylation is 1. The standard InChI is InChI=1S/C22H33N3.2C2H6/c1-5-7-12-20(13-8-6-2)21-16-22(25-18(4)24-21)23-17(3)19-14-10-9-11-15-19;2*1-2/h9-11,14-17,20H,5-8,12-13H2,1-4H3,(H,23,24,25);2*1-2H3.